The molecule has 8 heteroatoms. The van der Waals surface area contributed by atoms with Gasteiger partial charge in [-0.2, -0.15) is 0 Å². The first-order valence-corrected chi connectivity index (χ1v) is 10.2. The molecular weight excluding hydrogens is 376 g/mol. The summed E-state index contributed by atoms with van der Waals surface area (Å²) in [6.07, 6.45) is 9.56. The smallest absolute Gasteiger partial charge is 0.264 e. The lowest BCUT2D eigenvalue weighted by molar-refractivity contribution is -0.121. The third-order valence-corrected chi connectivity index (χ3v) is 6.06. The summed E-state index contributed by atoms with van der Waals surface area (Å²) in [5, 5.41) is 0. The van der Waals surface area contributed by atoms with E-state index in [-0.39, 0.29) is 23.2 Å². The molecule has 0 spiro atoms. The van der Waals surface area contributed by atoms with Crippen molar-refractivity contribution < 1.29 is 17.9 Å². The summed E-state index contributed by atoms with van der Waals surface area (Å²) >= 11 is 0. The third kappa shape index (κ3) is 4.78. The lowest BCUT2D eigenvalue weighted by Gasteiger charge is -2.13. The summed E-state index contributed by atoms with van der Waals surface area (Å²) in [6.45, 7) is 0.541. The van der Waals surface area contributed by atoms with Gasteiger partial charge in [0.2, 0.25) is 0 Å². The Morgan fingerprint density at radius 2 is 1.96 bits per heavy atom. The molecular formula is C18H25ClN2O4S. The number of amides is 1. The van der Waals surface area contributed by atoms with E-state index in [0.717, 1.165) is 32.1 Å². The maximum absolute atomic E-state index is 12.5. The lowest BCUT2D eigenvalue weighted by atomic mass is 10.1. The summed E-state index contributed by atoms with van der Waals surface area (Å²) < 4.78 is 32.7. The normalized spacial score (nSPS) is 28.5. The van der Waals surface area contributed by atoms with Crippen molar-refractivity contribution in [2.75, 3.05) is 6.61 Å². The number of halogens is 1. The molecule has 6 nitrogen and oxygen atoms in total. The zero-order valence-corrected chi connectivity index (χ0v) is 16.2. The fourth-order valence-corrected chi connectivity index (χ4v) is 4.06. The number of rotatable bonds is 0. The van der Waals surface area contributed by atoms with Gasteiger partial charge in [0.05, 0.1) is 11.5 Å². The summed E-state index contributed by atoms with van der Waals surface area (Å²) in [5.74, 6) is -0.279. The fraction of sp³-hybridized carbons (Fsp3) is 0.500. The third-order valence-electron chi connectivity index (χ3n) is 4.73. The first-order valence-electron chi connectivity index (χ1n) is 8.67. The van der Waals surface area contributed by atoms with Crippen molar-refractivity contribution in [1.29, 1.82) is 0 Å². The molecule has 0 saturated heterocycles. The SMILES string of the molecule is Cl.N[C@]12C[C@H]1C=CCCCCCCOc1cccc(c1)S(=O)(=O)NC2=O. The highest BCUT2D eigenvalue weighted by atomic mass is 35.5. The van der Waals surface area contributed by atoms with Crippen LogP contribution in [0.15, 0.2) is 41.3 Å². The molecule has 0 aromatic heterocycles. The summed E-state index contributed by atoms with van der Waals surface area (Å²) in [6, 6.07) is 6.18. The van der Waals surface area contributed by atoms with Crippen LogP contribution >= 0.6 is 12.4 Å². The molecule has 3 rings (SSSR count). The number of benzene rings is 1. The topological polar surface area (TPSA) is 98.5 Å². The molecule has 1 heterocycles. The molecule has 1 saturated carbocycles. The molecule has 1 amide bonds. The second-order valence-corrected chi connectivity index (χ2v) is 8.42. The predicted octanol–water partition coefficient (Wildman–Crippen LogP) is 2.53. The number of nitrogens with one attached hydrogen (secondary N) is 1. The molecule has 1 aromatic carbocycles. The average molecular weight is 401 g/mol. The average Bonchev–Trinajstić information content (AvgIpc) is 3.24. The molecule has 1 fully saturated rings. The van der Waals surface area contributed by atoms with E-state index in [1.54, 1.807) is 12.1 Å². The number of carbonyl (C=O) groups excluding carboxylic acids is 1. The molecule has 0 radical (unpaired) electrons. The van der Waals surface area contributed by atoms with Gasteiger partial charge in [-0.3, -0.25) is 4.79 Å². The van der Waals surface area contributed by atoms with E-state index in [1.165, 1.54) is 12.1 Å². The van der Waals surface area contributed by atoms with Crippen molar-refractivity contribution in [3.63, 3.8) is 0 Å². The number of hydrogen-bond donors (Lipinski definition) is 2. The molecule has 144 valence electrons. The molecule has 2 bridgehead atoms. The molecule has 1 aromatic rings. The number of nitrogens with two attached hydrogens (primary N) is 1. The van der Waals surface area contributed by atoms with Crippen molar-refractivity contribution in [1.82, 2.24) is 4.72 Å². The molecule has 3 N–H and O–H groups in total. The second kappa shape index (κ2) is 8.41. The zero-order chi connectivity index (χ0) is 17.9. The van der Waals surface area contributed by atoms with Gasteiger partial charge in [0.1, 0.15) is 11.3 Å². The van der Waals surface area contributed by atoms with Crippen molar-refractivity contribution in [2.45, 2.75) is 49.0 Å². The van der Waals surface area contributed by atoms with Crippen LogP contribution in [0.2, 0.25) is 0 Å². The Bertz CT molecular complexity index is 781. The van der Waals surface area contributed by atoms with E-state index in [9.17, 15) is 13.2 Å². The van der Waals surface area contributed by atoms with Crippen LogP contribution < -0.4 is 15.2 Å². The monoisotopic (exact) mass is 400 g/mol. The lowest BCUT2D eigenvalue weighted by Crippen LogP contribution is -2.46. The molecule has 2 atom stereocenters. The second-order valence-electron chi connectivity index (χ2n) is 6.74. The number of sulfonamides is 1. The fourth-order valence-electron chi connectivity index (χ4n) is 2.98. The van der Waals surface area contributed by atoms with Gasteiger partial charge in [0.25, 0.3) is 15.9 Å². The first-order chi connectivity index (χ1) is 11.9. The Morgan fingerprint density at radius 1 is 1.19 bits per heavy atom. The van der Waals surface area contributed by atoms with Crippen LogP contribution in [-0.4, -0.2) is 26.5 Å². The highest BCUT2D eigenvalue weighted by molar-refractivity contribution is 7.90. The van der Waals surface area contributed by atoms with Crippen LogP contribution in [0, 0.1) is 5.92 Å². The van der Waals surface area contributed by atoms with E-state index in [4.69, 9.17) is 10.5 Å². The van der Waals surface area contributed by atoms with E-state index >= 15 is 0 Å². The van der Waals surface area contributed by atoms with E-state index in [0.29, 0.717) is 18.8 Å². The van der Waals surface area contributed by atoms with Crippen LogP contribution in [0.1, 0.15) is 38.5 Å². The molecule has 1 aliphatic carbocycles. The summed E-state index contributed by atoms with van der Waals surface area (Å²) in [4.78, 5) is 12.4. The Balaban J connectivity index is 0.00000243. The van der Waals surface area contributed by atoms with Crippen LogP contribution in [0.25, 0.3) is 0 Å². The number of hydrogen-bond acceptors (Lipinski definition) is 5. The maximum atomic E-state index is 12.5. The van der Waals surface area contributed by atoms with Gasteiger partial charge in [-0.05, 0) is 37.8 Å². The van der Waals surface area contributed by atoms with Gasteiger partial charge in [-0.1, -0.05) is 31.1 Å². The quantitative estimate of drug-likeness (QED) is 0.652. The van der Waals surface area contributed by atoms with E-state index < -0.39 is 21.5 Å². The molecule has 1 aliphatic heterocycles. The van der Waals surface area contributed by atoms with Gasteiger partial charge < -0.3 is 10.5 Å². The minimum absolute atomic E-state index is 0. The Kier molecular flexibility index (Phi) is 6.71. The largest absolute Gasteiger partial charge is 0.494 e. The number of ether oxygens (including phenoxy) is 1. The zero-order valence-electron chi connectivity index (χ0n) is 14.5. The van der Waals surface area contributed by atoms with Gasteiger partial charge in [-0.15, -0.1) is 12.4 Å². The predicted molar refractivity (Wildman–Crippen MR) is 102 cm³/mol. The van der Waals surface area contributed by atoms with Crippen molar-refractivity contribution >= 4 is 28.3 Å². The Labute approximate surface area is 160 Å². The van der Waals surface area contributed by atoms with Gasteiger partial charge in [0, 0.05) is 12.0 Å². The maximum Gasteiger partial charge on any atom is 0.264 e. The number of carbonyl (C=O) groups is 1. The highest BCUT2D eigenvalue weighted by Crippen LogP contribution is 2.42. The molecule has 26 heavy (non-hydrogen) atoms. The molecule has 0 unspecified atom stereocenters. The highest BCUT2D eigenvalue weighted by Gasteiger charge is 2.56. The molecule has 2 aliphatic rings. The van der Waals surface area contributed by atoms with Crippen molar-refractivity contribution in [2.24, 2.45) is 11.7 Å². The van der Waals surface area contributed by atoms with E-state index in [1.807, 2.05) is 12.2 Å². The van der Waals surface area contributed by atoms with E-state index in [2.05, 4.69) is 4.72 Å². The van der Waals surface area contributed by atoms with Crippen LogP contribution in [0.5, 0.6) is 5.75 Å². The Morgan fingerprint density at radius 3 is 2.77 bits per heavy atom. The standard InChI is InChI=1S/C18H24N2O4S.ClH/c19-18-13-14(18)8-5-3-1-2-4-6-11-24-15-9-7-10-16(12-15)25(22,23)20-17(18)21;/h5,7-10,12,14H,1-4,6,11,13,19H2,(H,20,21);1H/t14-,18-;/m1./s1. The van der Waals surface area contributed by atoms with Crippen molar-refractivity contribution in [3.05, 3.63) is 36.4 Å². The first kappa shape index (κ1) is 20.7. The number of allylic oxidation sites excluding steroid dienone is 1. The van der Waals surface area contributed by atoms with Gasteiger partial charge >= 0.3 is 0 Å². The van der Waals surface area contributed by atoms with Crippen molar-refractivity contribution in [3.8, 4) is 5.75 Å². The minimum atomic E-state index is -3.97. The summed E-state index contributed by atoms with van der Waals surface area (Å²) in [5.41, 5.74) is 4.94. The Hall–Kier alpha value is -1.57. The minimum Gasteiger partial charge on any atom is -0.494 e. The van der Waals surface area contributed by atoms with Gasteiger partial charge in [0.15, 0.2) is 0 Å². The van der Waals surface area contributed by atoms with Crippen LogP contribution in [-0.2, 0) is 14.8 Å². The van der Waals surface area contributed by atoms with Crippen LogP contribution in [0.3, 0.4) is 0 Å². The van der Waals surface area contributed by atoms with Gasteiger partial charge in [-0.25, -0.2) is 13.1 Å². The van der Waals surface area contributed by atoms with Crippen LogP contribution in [0.4, 0.5) is 0 Å². The summed E-state index contributed by atoms with van der Waals surface area (Å²) in [7, 11) is -3.97. The number of fused-ring (bicyclic) bond motifs is 3.